The number of aryl methyl sites for hydroxylation is 2. The van der Waals surface area contributed by atoms with Crippen LogP contribution >= 0.6 is 0 Å². The van der Waals surface area contributed by atoms with Gasteiger partial charge in [0, 0.05) is 18.8 Å². The summed E-state index contributed by atoms with van der Waals surface area (Å²) >= 11 is 0. The number of aliphatic hydroxyl groups is 1. The van der Waals surface area contributed by atoms with Crippen LogP contribution in [0, 0.1) is 6.92 Å². The smallest absolute Gasteiger partial charge is 0.227 e. The van der Waals surface area contributed by atoms with Gasteiger partial charge in [-0.25, -0.2) is 4.98 Å². The third-order valence-corrected chi connectivity index (χ3v) is 5.11. The molecule has 0 spiro atoms. The highest BCUT2D eigenvalue weighted by molar-refractivity contribution is 5.84. The molecule has 1 aromatic carbocycles. The van der Waals surface area contributed by atoms with Crippen molar-refractivity contribution in [1.82, 2.24) is 19.5 Å². The average molecular weight is 398 g/mol. The van der Waals surface area contributed by atoms with Gasteiger partial charge >= 0.3 is 0 Å². The number of rotatable bonds is 8. The average Bonchev–Trinajstić information content (AvgIpc) is 3.08. The topological polar surface area (TPSA) is 114 Å². The minimum atomic E-state index is -0.901. The van der Waals surface area contributed by atoms with Gasteiger partial charge in [-0.3, -0.25) is 0 Å². The van der Waals surface area contributed by atoms with E-state index in [2.05, 4.69) is 31.7 Å². The summed E-state index contributed by atoms with van der Waals surface area (Å²) < 4.78 is 1.97. The molecule has 5 N–H and O–H groups in total. The normalized spacial score (nSPS) is 12.9. The number of imidazole rings is 1. The maximum atomic E-state index is 10.4. The molecule has 0 saturated heterocycles. The van der Waals surface area contributed by atoms with Crippen molar-refractivity contribution in [3.05, 3.63) is 35.7 Å². The Labute approximate surface area is 171 Å². The highest BCUT2D eigenvalue weighted by Gasteiger charge is 2.26. The van der Waals surface area contributed by atoms with Crippen molar-refractivity contribution >= 4 is 28.6 Å². The van der Waals surface area contributed by atoms with Gasteiger partial charge < -0.3 is 26.0 Å². The van der Waals surface area contributed by atoms with Gasteiger partial charge in [-0.05, 0) is 45.7 Å². The van der Waals surface area contributed by atoms with Gasteiger partial charge in [0.25, 0.3) is 0 Å². The van der Waals surface area contributed by atoms with Crippen molar-refractivity contribution in [3.8, 4) is 0 Å². The first-order chi connectivity index (χ1) is 13.7. The highest BCUT2D eigenvalue weighted by Crippen LogP contribution is 2.24. The number of aromatic nitrogens is 4. The van der Waals surface area contributed by atoms with E-state index in [4.69, 9.17) is 5.73 Å². The van der Waals surface area contributed by atoms with Crippen LogP contribution < -0.4 is 16.4 Å². The van der Waals surface area contributed by atoms with Gasteiger partial charge in [0.1, 0.15) is 0 Å². The van der Waals surface area contributed by atoms with E-state index in [1.54, 1.807) is 20.2 Å². The van der Waals surface area contributed by atoms with Crippen LogP contribution in [0.3, 0.4) is 0 Å². The Morgan fingerprint density at radius 1 is 1.24 bits per heavy atom. The van der Waals surface area contributed by atoms with Crippen LogP contribution in [0.1, 0.15) is 45.2 Å². The number of nitrogens with one attached hydrogen (secondary N) is 2. The maximum Gasteiger partial charge on any atom is 0.227 e. The summed E-state index contributed by atoms with van der Waals surface area (Å²) in [7, 11) is 0. The molecule has 156 valence electrons. The van der Waals surface area contributed by atoms with E-state index in [1.165, 1.54) is 0 Å². The van der Waals surface area contributed by atoms with Crippen molar-refractivity contribution in [2.75, 3.05) is 16.4 Å². The summed E-state index contributed by atoms with van der Waals surface area (Å²) in [6, 6.07) is 5.79. The maximum absolute atomic E-state index is 10.4. The van der Waals surface area contributed by atoms with Crippen molar-refractivity contribution < 1.29 is 5.11 Å². The first kappa shape index (κ1) is 20.9. The molecule has 0 amide bonds. The predicted octanol–water partition coefficient (Wildman–Crippen LogP) is 3.31. The molecule has 0 aliphatic heterocycles. The Balaban J connectivity index is 1.96. The molecule has 0 aliphatic carbocycles. The second-order valence-electron chi connectivity index (χ2n) is 7.91. The molecule has 1 unspecified atom stereocenters. The molecule has 3 aromatic rings. The lowest BCUT2D eigenvalue weighted by atomic mass is 9.97. The Bertz CT molecular complexity index is 991. The van der Waals surface area contributed by atoms with Crippen LogP contribution in [-0.4, -0.2) is 36.3 Å². The van der Waals surface area contributed by atoms with Gasteiger partial charge in [0.2, 0.25) is 5.95 Å². The summed E-state index contributed by atoms with van der Waals surface area (Å²) in [5, 5.41) is 17.1. The molecular formula is C21H31N7O. The molecule has 8 nitrogen and oxygen atoms in total. The molecule has 0 radical (unpaired) electrons. The number of anilines is 3. The van der Waals surface area contributed by atoms with Crippen LogP contribution in [0.4, 0.5) is 17.5 Å². The zero-order valence-electron chi connectivity index (χ0n) is 17.8. The molecule has 3 rings (SSSR count). The van der Waals surface area contributed by atoms with Gasteiger partial charge in [0.15, 0.2) is 17.0 Å². The molecule has 2 heterocycles. The molecule has 0 bridgehead atoms. The fraction of sp³-hybridized carbons (Fsp3) is 0.476. The number of hydrogen-bond donors (Lipinski definition) is 4. The highest BCUT2D eigenvalue weighted by atomic mass is 16.3. The summed E-state index contributed by atoms with van der Waals surface area (Å²) in [5.74, 6) is 1.09. The molecular weight excluding hydrogens is 366 g/mol. The van der Waals surface area contributed by atoms with Gasteiger partial charge in [-0.15, -0.1) is 0 Å². The standard InChI is InChI=1S/C21H31N7O/c1-6-16(21(4,5)29)25-20-26-18(17-19(27-20)28(7-2)12-24-17)23-11-14-10-13(3)8-9-15(14)22/h8-10,12,16,29H,6-7,11,22H2,1-5H3,(H2,23,25,26,27). The van der Waals surface area contributed by atoms with Crippen molar-refractivity contribution in [2.24, 2.45) is 0 Å². The number of fused-ring (bicyclic) bond motifs is 1. The minimum absolute atomic E-state index is 0.182. The quantitative estimate of drug-likeness (QED) is 0.431. The van der Waals surface area contributed by atoms with E-state index in [9.17, 15) is 5.11 Å². The lowest BCUT2D eigenvalue weighted by Crippen LogP contribution is -2.41. The van der Waals surface area contributed by atoms with E-state index in [1.807, 2.05) is 37.5 Å². The first-order valence-electron chi connectivity index (χ1n) is 10.0. The summed E-state index contributed by atoms with van der Waals surface area (Å²) in [6.07, 6.45) is 2.50. The zero-order chi connectivity index (χ0) is 21.2. The number of hydrogen-bond acceptors (Lipinski definition) is 7. The third-order valence-electron chi connectivity index (χ3n) is 5.11. The summed E-state index contributed by atoms with van der Waals surface area (Å²) in [5.41, 5.74) is 9.56. The predicted molar refractivity (Wildman–Crippen MR) is 118 cm³/mol. The monoisotopic (exact) mass is 397 g/mol. The van der Waals surface area contributed by atoms with E-state index in [0.29, 0.717) is 23.8 Å². The fourth-order valence-electron chi connectivity index (χ4n) is 3.36. The van der Waals surface area contributed by atoms with Gasteiger partial charge in [0.05, 0.1) is 18.0 Å². The number of nitrogen functional groups attached to an aromatic ring is 1. The summed E-state index contributed by atoms with van der Waals surface area (Å²) in [4.78, 5) is 13.8. The first-order valence-corrected chi connectivity index (χ1v) is 10.0. The van der Waals surface area contributed by atoms with Gasteiger partial charge in [-0.2, -0.15) is 9.97 Å². The Hall–Kier alpha value is -2.87. The molecule has 0 saturated carbocycles. The van der Waals surface area contributed by atoms with E-state index in [0.717, 1.165) is 35.4 Å². The minimum Gasteiger partial charge on any atom is -0.398 e. The Kier molecular flexibility index (Phi) is 5.93. The van der Waals surface area contributed by atoms with E-state index < -0.39 is 5.60 Å². The van der Waals surface area contributed by atoms with Gasteiger partial charge in [-0.1, -0.05) is 24.6 Å². The van der Waals surface area contributed by atoms with Crippen LogP contribution in [-0.2, 0) is 13.1 Å². The van der Waals surface area contributed by atoms with Crippen LogP contribution in [0.5, 0.6) is 0 Å². The Morgan fingerprint density at radius 3 is 2.66 bits per heavy atom. The third kappa shape index (κ3) is 4.59. The second kappa shape index (κ2) is 8.24. The molecule has 8 heteroatoms. The molecule has 29 heavy (non-hydrogen) atoms. The van der Waals surface area contributed by atoms with Crippen LogP contribution in [0.25, 0.3) is 11.2 Å². The van der Waals surface area contributed by atoms with Crippen LogP contribution in [0.15, 0.2) is 24.5 Å². The Morgan fingerprint density at radius 2 is 2.00 bits per heavy atom. The molecule has 1 atom stereocenters. The van der Waals surface area contributed by atoms with Crippen molar-refractivity contribution in [3.63, 3.8) is 0 Å². The molecule has 0 aliphatic rings. The lowest BCUT2D eigenvalue weighted by molar-refractivity contribution is 0.0577. The molecule has 0 fully saturated rings. The SMILES string of the molecule is CCC(Nc1nc(NCc2cc(C)ccc2N)c2ncn(CC)c2n1)C(C)(C)O. The number of benzene rings is 1. The molecule has 2 aromatic heterocycles. The number of nitrogens with zero attached hydrogens (tertiary/aromatic N) is 4. The van der Waals surface area contributed by atoms with Crippen molar-refractivity contribution in [2.45, 2.75) is 65.8 Å². The van der Waals surface area contributed by atoms with Crippen LogP contribution in [0.2, 0.25) is 0 Å². The van der Waals surface area contributed by atoms with E-state index in [-0.39, 0.29) is 6.04 Å². The zero-order valence-corrected chi connectivity index (χ0v) is 17.8. The number of nitrogens with two attached hydrogens (primary N) is 1. The second-order valence-corrected chi connectivity index (χ2v) is 7.91. The lowest BCUT2D eigenvalue weighted by Gasteiger charge is -2.29. The summed E-state index contributed by atoms with van der Waals surface area (Å²) in [6.45, 7) is 10.9. The largest absolute Gasteiger partial charge is 0.398 e. The fourth-order valence-corrected chi connectivity index (χ4v) is 3.36. The van der Waals surface area contributed by atoms with Crippen molar-refractivity contribution in [1.29, 1.82) is 0 Å². The van der Waals surface area contributed by atoms with E-state index >= 15 is 0 Å².